The van der Waals surface area contributed by atoms with E-state index in [1.807, 2.05) is 0 Å². The minimum atomic E-state index is -0.337. The Bertz CT molecular complexity index is 604. The fourth-order valence-corrected chi connectivity index (χ4v) is 1.89. The van der Waals surface area contributed by atoms with Gasteiger partial charge in [0.2, 0.25) is 0 Å². The van der Waals surface area contributed by atoms with E-state index in [9.17, 15) is 4.79 Å². The Kier molecular flexibility index (Phi) is 4.22. The molecule has 6 heteroatoms. The third-order valence-electron chi connectivity index (χ3n) is 2.13. The van der Waals surface area contributed by atoms with E-state index in [-0.39, 0.29) is 16.8 Å². The number of pyridine rings is 1. The number of nitrogens with one attached hydrogen (secondary N) is 1. The second kappa shape index (κ2) is 5.69. The average molecular weight is 346 g/mol. The predicted octanol–water partition coefficient (Wildman–Crippen LogP) is 4.40. The Balaban J connectivity index is 2.18. The van der Waals surface area contributed by atoms with E-state index in [0.29, 0.717) is 10.7 Å². The molecule has 0 aliphatic carbocycles. The predicted molar refractivity (Wildman–Crippen MR) is 76.4 cm³/mol. The minimum absolute atomic E-state index is 0.251. The molecule has 0 atom stereocenters. The summed E-state index contributed by atoms with van der Waals surface area (Å²) < 4.78 is 0.767. The van der Waals surface area contributed by atoms with Crippen molar-refractivity contribution >= 4 is 50.7 Å². The summed E-state index contributed by atoms with van der Waals surface area (Å²) in [6.07, 6.45) is 0. The van der Waals surface area contributed by atoms with Gasteiger partial charge in [-0.05, 0) is 46.3 Å². The number of nitrogens with zero attached hydrogens (tertiary/aromatic N) is 1. The van der Waals surface area contributed by atoms with Crippen LogP contribution in [0.3, 0.4) is 0 Å². The topological polar surface area (TPSA) is 42.0 Å². The summed E-state index contributed by atoms with van der Waals surface area (Å²) in [4.78, 5) is 15.8. The lowest BCUT2D eigenvalue weighted by molar-refractivity contribution is 0.102. The summed E-state index contributed by atoms with van der Waals surface area (Å²) in [6.45, 7) is 0. The molecule has 0 unspecified atom stereocenters. The zero-order valence-electron chi connectivity index (χ0n) is 8.95. The first-order valence-corrected chi connectivity index (χ1v) is 6.50. The summed E-state index contributed by atoms with van der Waals surface area (Å²) in [7, 11) is 0. The van der Waals surface area contributed by atoms with Crippen molar-refractivity contribution in [2.45, 2.75) is 0 Å². The second-order valence-electron chi connectivity index (χ2n) is 3.43. The van der Waals surface area contributed by atoms with E-state index in [0.717, 1.165) is 4.47 Å². The Morgan fingerprint density at radius 1 is 1.22 bits per heavy atom. The molecular weight excluding hydrogens is 339 g/mol. The molecule has 18 heavy (non-hydrogen) atoms. The van der Waals surface area contributed by atoms with Crippen molar-refractivity contribution in [1.29, 1.82) is 0 Å². The number of aromatic nitrogens is 1. The summed E-state index contributed by atoms with van der Waals surface area (Å²) in [5.74, 6) is -0.337. The number of carbonyl (C=O) groups excluding carboxylic acids is 1. The van der Waals surface area contributed by atoms with Crippen LogP contribution in [-0.4, -0.2) is 10.9 Å². The van der Waals surface area contributed by atoms with Crippen LogP contribution in [0.5, 0.6) is 0 Å². The molecule has 0 spiro atoms. The molecule has 0 aliphatic rings. The fraction of sp³-hybridized carbons (Fsp3) is 0. The number of hydrogen-bond acceptors (Lipinski definition) is 2. The third kappa shape index (κ3) is 3.22. The van der Waals surface area contributed by atoms with E-state index in [1.54, 1.807) is 36.4 Å². The van der Waals surface area contributed by atoms with Gasteiger partial charge in [0.25, 0.3) is 5.91 Å². The number of anilines is 1. The maximum absolute atomic E-state index is 11.9. The molecule has 3 nitrogen and oxygen atoms in total. The normalized spacial score (nSPS) is 10.2. The summed E-state index contributed by atoms with van der Waals surface area (Å²) in [5, 5.41) is 3.48. The van der Waals surface area contributed by atoms with Crippen LogP contribution in [0.4, 0.5) is 5.69 Å². The lowest BCUT2D eigenvalue weighted by Gasteiger charge is -2.06. The first-order valence-electron chi connectivity index (χ1n) is 4.95. The number of rotatable bonds is 2. The molecule has 0 fully saturated rings. The molecule has 1 amide bonds. The Labute approximate surface area is 122 Å². The minimum Gasteiger partial charge on any atom is -0.321 e. The molecular formula is C12H7BrCl2N2O. The van der Waals surface area contributed by atoms with Gasteiger partial charge in [-0.25, -0.2) is 4.98 Å². The summed E-state index contributed by atoms with van der Waals surface area (Å²) >= 11 is 14.9. The van der Waals surface area contributed by atoms with Gasteiger partial charge < -0.3 is 5.32 Å². The van der Waals surface area contributed by atoms with Gasteiger partial charge in [-0.15, -0.1) is 0 Å². The van der Waals surface area contributed by atoms with Crippen molar-refractivity contribution in [3.8, 4) is 0 Å². The van der Waals surface area contributed by atoms with Crippen LogP contribution >= 0.6 is 39.1 Å². The number of hydrogen-bond donors (Lipinski definition) is 1. The molecule has 1 aromatic heterocycles. The van der Waals surface area contributed by atoms with Gasteiger partial charge >= 0.3 is 0 Å². The van der Waals surface area contributed by atoms with E-state index in [4.69, 9.17) is 23.2 Å². The molecule has 0 aliphatic heterocycles. The maximum Gasteiger partial charge on any atom is 0.274 e. The molecule has 92 valence electrons. The highest BCUT2D eigenvalue weighted by atomic mass is 79.9. The SMILES string of the molecule is O=C(Nc1ccc(Br)c(Cl)c1)c1cccc(Cl)n1. The lowest BCUT2D eigenvalue weighted by atomic mass is 10.3. The van der Waals surface area contributed by atoms with Crippen LogP contribution in [-0.2, 0) is 0 Å². The van der Waals surface area contributed by atoms with Crippen LogP contribution in [0.2, 0.25) is 10.2 Å². The van der Waals surface area contributed by atoms with Crippen molar-refractivity contribution in [3.63, 3.8) is 0 Å². The van der Waals surface area contributed by atoms with Crippen LogP contribution in [0.1, 0.15) is 10.5 Å². The van der Waals surface area contributed by atoms with E-state index >= 15 is 0 Å². The van der Waals surface area contributed by atoms with Gasteiger partial charge in [0.1, 0.15) is 10.8 Å². The molecule has 2 aromatic rings. The van der Waals surface area contributed by atoms with Crippen LogP contribution in [0, 0.1) is 0 Å². The van der Waals surface area contributed by atoms with E-state index in [2.05, 4.69) is 26.2 Å². The Morgan fingerprint density at radius 2 is 2.00 bits per heavy atom. The molecule has 0 radical (unpaired) electrons. The molecule has 1 N–H and O–H groups in total. The number of benzene rings is 1. The molecule has 1 heterocycles. The standard InChI is InChI=1S/C12H7BrCl2N2O/c13-8-5-4-7(6-9(8)14)16-12(18)10-2-1-3-11(15)17-10/h1-6H,(H,16,18). The maximum atomic E-state index is 11.9. The first-order chi connectivity index (χ1) is 8.56. The lowest BCUT2D eigenvalue weighted by Crippen LogP contribution is -2.13. The van der Waals surface area contributed by atoms with Crippen molar-refractivity contribution in [2.24, 2.45) is 0 Å². The van der Waals surface area contributed by atoms with Gasteiger partial charge in [0.05, 0.1) is 5.02 Å². The smallest absolute Gasteiger partial charge is 0.274 e. The summed E-state index contributed by atoms with van der Waals surface area (Å²) in [5.41, 5.74) is 0.844. The van der Waals surface area contributed by atoms with Crippen molar-refractivity contribution in [2.75, 3.05) is 5.32 Å². The van der Waals surface area contributed by atoms with Crippen molar-refractivity contribution in [1.82, 2.24) is 4.98 Å². The Morgan fingerprint density at radius 3 is 2.67 bits per heavy atom. The second-order valence-corrected chi connectivity index (χ2v) is 5.08. The van der Waals surface area contributed by atoms with Gasteiger partial charge in [-0.3, -0.25) is 4.79 Å². The number of carbonyl (C=O) groups is 1. The van der Waals surface area contributed by atoms with Gasteiger partial charge in [-0.2, -0.15) is 0 Å². The van der Waals surface area contributed by atoms with Gasteiger partial charge in [0, 0.05) is 10.2 Å². The molecule has 2 rings (SSSR count). The highest BCUT2D eigenvalue weighted by molar-refractivity contribution is 9.10. The van der Waals surface area contributed by atoms with Gasteiger partial charge in [-0.1, -0.05) is 29.3 Å². The van der Waals surface area contributed by atoms with Crippen LogP contribution in [0.15, 0.2) is 40.9 Å². The summed E-state index contributed by atoms with van der Waals surface area (Å²) in [6, 6.07) is 9.99. The third-order valence-corrected chi connectivity index (χ3v) is 3.57. The fourth-order valence-electron chi connectivity index (χ4n) is 1.30. The van der Waals surface area contributed by atoms with Crippen LogP contribution < -0.4 is 5.32 Å². The van der Waals surface area contributed by atoms with E-state index < -0.39 is 0 Å². The highest BCUT2D eigenvalue weighted by Crippen LogP contribution is 2.25. The number of halogens is 3. The molecule has 0 saturated heterocycles. The van der Waals surface area contributed by atoms with Gasteiger partial charge in [0.15, 0.2) is 0 Å². The van der Waals surface area contributed by atoms with Crippen molar-refractivity contribution in [3.05, 3.63) is 56.7 Å². The first kappa shape index (κ1) is 13.3. The quantitative estimate of drug-likeness (QED) is 0.819. The average Bonchev–Trinajstić information content (AvgIpc) is 2.34. The molecule has 0 bridgehead atoms. The largest absolute Gasteiger partial charge is 0.321 e. The molecule has 0 saturated carbocycles. The van der Waals surface area contributed by atoms with E-state index in [1.165, 1.54) is 0 Å². The Hall–Kier alpha value is -1.10. The number of amides is 1. The zero-order valence-corrected chi connectivity index (χ0v) is 12.1. The monoisotopic (exact) mass is 344 g/mol. The van der Waals surface area contributed by atoms with Crippen LogP contribution in [0.25, 0.3) is 0 Å². The molecule has 1 aromatic carbocycles. The zero-order chi connectivity index (χ0) is 13.1. The highest BCUT2D eigenvalue weighted by Gasteiger charge is 2.08. The van der Waals surface area contributed by atoms with Crippen molar-refractivity contribution < 1.29 is 4.79 Å².